The molecule has 0 bridgehead atoms. The van der Waals surface area contributed by atoms with Crippen LogP contribution in [-0.2, 0) is 24.5 Å². The molecule has 9 heteroatoms. The van der Waals surface area contributed by atoms with Gasteiger partial charge in [0, 0.05) is 37.9 Å². The summed E-state index contributed by atoms with van der Waals surface area (Å²) >= 11 is 7.05. The van der Waals surface area contributed by atoms with Crippen molar-refractivity contribution in [1.82, 2.24) is 0 Å². The summed E-state index contributed by atoms with van der Waals surface area (Å²) in [5.74, 6) is -1.31. The van der Waals surface area contributed by atoms with Crippen LogP contribution in [-0.4, -0.2) is 24.3 Å². The molecule has 1 amide bonds. The van der Waals surface area contributed by atoms with Gasteiger partial charge in [0.2, 0.25) is 5.91 Å². The lowest BCUT2D eigenvalue weighted by atomic mass is 9.63. The Balaban J connectivity index is 1.90. The number of Topliss-reactive ketones (excluding diaryl/α,β-unsaturated/α-hetero) is 1. The highest BCUT2D eigenvalue weighted by molar-refractivity contribution is 9.11. The van der Waals surface area contributed by atoms with E-state index in [1.54, 1.807) is 36.1 Å². The van der Waals surface area contributed by atoms with Gasteiger partial charge in [-0.2, -0.15) is 0 Å². The molecular weight excluding hydrogens is 566 g/mol. The summed E-state index contributed by atoms with van der Waals surface area (Å²) in [6.45, 7) is 1.78. The number of rotatable bonds is 3. The topological polar surface area (TPSA) is 102 Å². The van der Waals surface area contributed by atoms with Crippen LogP contribution in [0.15, 0.2) is 74.1 Å². The van der Waals surface area contributed by atoms with Crippen molar-refractivity contribution in [2.24, 2.45) is 5.73 Å². The monoisotopic (exact) mass is 585 g/mol. The van der Waals surface area contributed by atoms with E-state index in [1.807, 2.05) is 18.2 Å². The zero-order valence-corrected chi connectivity index (χ0v) is 21.5. The van der Waals surface area contributed by atoms with Crippen LogP contribution in [0.3, 0.4) is 0 Å². The van der Waals surface area contributed by atoms with E-state index in [4.69, 9.17) is 10.5 Å². The molecule has 1 aliphatic carbocycles. The Labute approximate surface area is 213 Å². The number of nitrogens with one attached hydrogen (secondary N) is 1. The first-order chi connectivity index (χ1) is 16.3. The molecule has 7 nitrogen and oxygen atoms in total. The summed E-state index contributed by atoms with van der Waals surface area (Å²) in [6, 6.07) is 12.6. The van der Waals surface area contributed by atoms with Gasteiger partial charge in [-0.3, -0.25) is 14.5 Å². The number of carbonyl (C=O) groups is 3. The molecular formula is C25H21Br2N3O4. The van der Waals surface area contributed by atoms with Gasteiger partial charge in [0.05, 0.1) is 12.3 Å². The Morgan fingerprint density at radius 2 is 1.94 bits per heavy atom. The fourth-order valence-electron chi connectivity index (χ4n) is 5.20. The minimum absolute atomic E-state index is 0.0411. The van der Waals surface area contributed by atoms with Crippen LogP contribution in [0.4, 0.5) is 11.4 Å². The lowest BCUT2D eigenvalue weighted by molar-refractivity contribution is -0.140. The molecule has 0 saturated carbocycles. The molecule has 0 fully saturated rings. The lowest BCUT2D eigenvalue weighted by Gasteiger charge is -2.44. The SMILES string of the molecule is CCOC(=O)C1=C(N)N(c2ccc(Br)cc2Br)C2=C(C(=O)CCC2)C12C(=O)Nc1ccccc12. The third-order valence-corrected chi connectivity index (χ3v) is 7.58. The number of benzene rings is 2. The van der Waals surface area contributed by atoms with Gasteiger partial charge in [-0.1, -0.05) is 34.1 Å². The number of nitrogens with zero attached hydrogens (tertiary/aromatic N) is 1. The molecule has 0 saturated heterocycles. The summed E-state index contributed by atoms with van der Waals surface area (Å²) in [7, 11) is 0. The lowest BCUT2D eigenvalue weighted by Crippen LogP contribution is -2.53. The Morgan fingerprint density at radius 3 is 2.68 bits per heavy atom. The molecule has 1 unspecified atom stereocenters. The zero-order chi connectivity index (χ0) is 24.2. The molecule has 1 spiro atoms. The number of anilines is 2. The summed E-state index contributed by atoms with van der Waals surface area (Å²) in [4.78, 5) is 42.6. The van der Waals surface area contributed by atoms with E-state index in [0.717, 1.165) is 4.47 Å². The highest BCUT2D eigenvalue weighted by Gasteiger charge is 2.61. The van der Waals surface area contributed by atoms with Crippen LogP contribution in [0.1, 0.15) is 31.7 Å². The number of hydrogen-bond donors (Lipinski definition) is 2. The van der Waals surface area contributed by atoms with Crippen molar-refractivity contribution in [3.05, 3.63) is 79.6 Å². The highest BCUT2D eigenvalue weighted by Crippen LogP contribution is 2.56. The molecule has 34 heavy (non-hydrogen) atoms. The van der Waals surface area contributed by atoms with Crippen molar-refractivity contribution >= 4 is 60.9 Å². The molecule has 0 aromatic heterocycles. The predicted molar refractivity (Wildman–Crippen MR) is 135 cm³/mol. The number of nitrogens with two attached hydrogens (primary N) is 1. The number of para-hydroxylation sites is 1. The maximum atomic E-state index is 13.8. The van der Waals surface area contributed by atoms with Gasteiger partial charge in [-0.25, -0.2) is 4.79 Å². The predicted octanol–water partition coefficient (Wildman–Crippen LogP) is 4.66. The molecule has 2 aromatic carbocycles. The van der Waals surface area contributed by atoms with Gasteiger partial charge in [-0.05, 0) is 60.0 Å². The van der Waals surface area contributed by atoms with Gasteiger partial charge in [0.25, 0.3) is 0 Å². The molecule has 2 aromatic rings. The summed E-state index contributed by atoms with van der Waals surface area (Å²) in [5, 5.41) is 2.88. The number of carbonyl (C=O) groups excluding carboxylic acids is 3. The first-order valence-corrected chi connectivity index (χ1v) is 12.5. The number of hydrogen-bond acceptors (Lipinski definition) is 6. The fourth-order valence-corrected chi connectivity index (χ4v) is 6.43. The molecule has 3 aliphatic rings. The molecule has 2 aliphatic heterocycles. The van der Waals surface area contributed by atoms with Gasteiger partial charge < -0.3 is 15.8 Å². The number of ether oxygens (including phenoxy) is 1. The Bertz CT molecular complexity index is 1330. The minimum atomic E-state index is -1.67. The third-order valence-electron chi connectivity index (χ3n) is 6.45. The molecule has 5 rings (SSSR count). The molecule has 0 radical (unpaired) electrons. The second-order valence-electron chi connectivity index (χ2n) is 8.26. The van der Waals surface area contributed by atoms with Crippen LogP contribution >= 0.6 is 31.9 Å². The van der Waals surface area contributed by atoms with E-state index < -0.39 is 17.3 Å². The number of fused-ring (bicyclic) bond motifs is 3. The van der Waals surface area contributed by atoms with Crippen molar-refractivity contribution in [1.29, 1.82) is 0 Å². The van der Waals surface area contributed by atoms with E-state index in [0.29, 0.717) is 39.9 Å². The second kappa shape index (κ2) is 8.39. The van der Waals surface area contributed by atoms with Gasteiger partial charge in [0.15, 0.2) is 5.78 Å². The van der Waals surface area contributed by atoms with E-state index >= 15 is 0 Å². The molecule has 2 heterocycles. The van der Waals surface area contributed by atoms with E-state index in [-0.39, 0.29) is 35.8 Å². The molecule has 1 atom stereocenters. The van der Waals surface area contributed by atoms with Crippen molar-refractivity contribution < 1.29 is 19.1 Å². The molecule has 174 valence electrons. The molecule has 3 N–H and O–H groups in total. The summed E-state index contributed by atoms with van der Waals surface area (Å²) in [5.41, 5.74) is 7.70. The van der Waals surface area contributed by atoms with Crippen molar-refractivity contribution in [3.8, 4) is 0 Å². The Hall–Kier alpha value is -2.91. The van der Waals surface area contributed by atoms with Crippen molar-refractivity contribution in [3.63, 3.8) is 0 Å². The summed E-state index contributed by atoms with van der Waals surface area (Å²) in [6.07, 6.45) is 1.42. The van der Waals surface area contributed by atoms with Crippen LogP contribution in [0, 0.1) is 0 Å². The second-order valence-corrected chi connectivity index (χ2v) is 10.0. The standard InChI is InChI=1S/C25H21Br2N3O4/c1-2-34-23(32)21-22(28)30(17-11-10-13(26)12-15(17)27)18-8-5-9-19(31)20(18)25(21)14-6-3-4-7-16(14)29-24(25)33/h3-4,6-7,10-12H,2,5,8-9,28H2,1H3,(H,29,33). The van der Waals surface area contributed by atoms with E-state index in [2.05, 4.69) is 37.2 Å². The third kappa shape index (κ3) is 3.10. The van der Waals surface area contributed by atoms with E-state index in [9.17, 15) is 14.4 Å². The average Bonchev–Trinajstić information content (AvgIpc) is 3.07. The summed E-state index contributed by atoms with van der Waals surface area (Å²) < 4.78 is 6.98. The van der Waals surface area contributed by atoms with Crippen LogP contribution in [0.5, 0.6) is 0 Å². The fraction of sp³-hybridized carbons (Fsp3) is 0.240. The van der Waals surface area contributed by atoms with Crippen LogP contribution in [0.2, 0.25) is 0 Å². The number of amides is 1. The maximum Gasteiger partial charge on any atom is 0.339 e. The van der Waals surface area contributed by atoms with Gasteiger partial charge in [-0.15, -0.1) is 0 Å². The Morgan fingerprint density at radius 1 is 1.18 bits per heavy atom. The average molecular weight is 587 g/mol. The van der Waals surface area contributed by atoms with Crippen molar-refractivity contribution in [2.75, 3.05) is 16.8 Å². The van der Waals surface area contributed by atoms with Crippen LogP contribution < -0.4 is 16.0 Å². The quantitative estimate of drug-likeness (QED) is 0.507. The van der Waals surface area contributed by atoms with Gasteiger partial charge >= 0.3 is 5.97 Å². The minimum Gasteiger partial charge on any atom is -0.462 e. The number of halogens is 2. The smallest absolute Gasteiger partial charge is 0.339 e. The van der Waals surface area contributed by atoms with Gasteiger partial charge in [0.1, 0.15) is 16.8 Å². The number of ketones is 1. The maximum absolute atomic E-state index is 13.8. The van der Waals surface area contributed by atoms with Crippen molar-refractivity contribution in [2.45, 2.75) is 31.6 Å². The number of allylic oxidation sites excluding steroid dienone is 1. The zero-order valence-electron chi connectivity index (χ0n) is 18.3. The largest absolute Gasteiger partial charge is 0.462 e. The Kier molecular flexibility index (Phi) is 5.64. The normalized spacial score (nSPS) is 21.6. The first kappa shape index (κ1) is 22.9. The highest BCUT2D eigenvalue weighted by atomic mass is 79.9. The van der Waals surface area contributed by atoms with E-state index in [1.165, 1.54) is 0 Å². The first-order valence-electron chi connectivity index (χ1n) is 10.9. The number of esters is 1. The van der Waals surface area contributed by atoms with Crippen LogP contribution in [0.25, 0.3) is 0 Å².